The van der Waals surface area contributed by atoms with Gasteiger partial charge in [0.25, 0.3) is 0 Å². The molecule has 1 saturated carbocycles. The zero-order valence-corrected chi connectivity index (χ0v) is 10.8. The first-order valence-corrected chi connectivity index (χ1v) is 6.62. The molecule has 2 fully saturated rings. The van der Waals surface area contributed by atoms with Gasteiger partial charge in [-0.25, -0.2) is 13.6 Å². The smallest absolute Gasteiger partial charge is 0.407 e. The van der Waals surface area contributed by atoms with E-state index in [2.05, 4.69) is 0 Å². The molecule has 0 bridgehead atoms. The number of nitrogens with zero attached hydrogens (tertiary/aromatic N) is 1. The number of hydrogen-bond donors (Lipinski definition) is 1. The first kappa shape index (κ1) is 13.1. The second-order valence-electron chi connectivity index (χ2n) is 5.49. The summed E-state index contributed by atoms with van der Waals surface area (Å²) in [7, 11) is 0. The maximum atomic E-state index is 13.1. The molecule has 1 aromatic carbocycles. The molecule has 0 spiro atoms. The Morgan fingerprint density at radius 3 is 2.40 bits per heavy atom. The molecule has 1 aliphatic carbocycles. The molecule has 1 heterocycles. The van der Waals surface area contributed by atoms with Crippen LogP contribution in [0.4, 0.5) is 13.6 Å². The number of fused-ring (bicyclic) bond motifs is 1. The Morgan fingerprint density at radius 1 is 1.20 bits per heavy atom. The number of hydrogen-bond acceptors (Lipinski definition) is 2. The predicted octanol–water partition coefficient (Wildman–Crippen LogP) is 2.73. The molecule has 1 saturated heterocycles. The third-order valence-corrected chi connectivity index (χ3v) is 4.17. The van der Waals surface area contributed by atoms with E-state index < -0.39 is 17.7 Å². The Kier molecular flexibility index (Phi) is 3.23. The minimum Gasteiger partial charge on any atom is -0.490 e. The van der Waals surface area contributed by atoms with Crippen molar-refractivity contribution < 1.29 is 23.4 Å². The van der Waals surface area contributed by atoms with Crippen molar-refractivity contribution in [2.75, 3.05) is 13.1 Å². The molecule has 0 aromatic heterocycles. The number of carbonyl (C=O) groups is 1. The van der Waals surface area contributed by atoms with Crippen molar-refractivity contribution in [1.82, 2.24) is 4.90 Å². The quantitative estimate of drug-likeness (QED) is 0.908. The lowest BCUT2D eigenvalue weighted by Crippen LogP contribution is -2.29. The van der Waals surface area contributed by atoms with Crippen molar-refractivity contribution >= 4 is 6.09 Å². The average Bonchev–Trinajstić information content (AvgIpc) is 2.91. The maximum absolute atomic E-state index is 13.1. The number of halogens is 2. The van der Waals surface area contributed by atoms with Gasteiger partial charge < -0.3 is 14.7 Å². The lowest BCUT2D eigenvalue weighted by atomic mass is 10.0. The molecular weight excluding hydrogens is 268 g/mol. The molecule has 20 heavy (non-hydrogen) atoms. The van der Waals surface area contributed by atoms with Crippen LogP contribution in [0.15, 0.2) is 18.2 Å². The summed E-state index contributed by atoms with van der Waals surface area (Å²) in [6, 6.07) is 3.51. The second-order valence-corrected chi connectivity index (χ2v) is 5.49. The van der Waals surface area contributed by atoms with Gasteiger partial charge in [0.15, 0.2) is 11.6 Å². The van der Waals surface area contributed by atoms with Crippen LogP contribution in [0.5, 0.6) is 5.75 Å². The van der Waals surface area contributed by atoms with E-state index in [1.54, 1.807) is 0 Å². The SMILES string of the molecule is O=C(O)N1C[C@H]2CC(Oc3ccc(F)c(F)c3)C[C@H]2C1. The summed E-state index contributed by atoms with van der Waals surface area (Å²) >= 11 is 0. The summed E-state index contributed by atoms with van der Waals surface area (Å²) in [6.45, 7) is 1.08. The highest BCUT2D eigenvalue weighted by Crippen LogP contribution is 2.39. The van der Waals surface area contributed by atoms with Crippen LogP contribution in [0.2, 0.25) is 0 Å². The lowest BCUT2D eigenvalue weighted by molar-refractivity contribution is 0.144. The molecule has 0 radical (unpaired) electrons. The highest BCUT2D eigenvalue weighted by atomic mass is 19.2. The van der Waals surface area contributed by atoms with E-state index in [9.17, 15) is 13.6 Å². The van der Waals surface area contributed by atoms with Gasteiger partial charge in [-0.1, -0.05) is 0 Å². The Morgan fingerprint density at radius 2 is 1.85 bits per heavy atom. The Hall–Kier alpha value is -1.85. The normalized spacial score (nSPS) is 28.5. The van der Waals surface area contributed by atoms with Gasteiger partial charge in [0, 0.05) is 19.2 Å². The largest absolute Gasteiger partial charge is 0.490 e. The van der Waals surface area contributed by atoms with Gasteiger partial charge >= 0.3 is 6.09 Å². The summed E-state index contributed by atoms with van der Waals surface area (Å²) in [5.74, 6) is -0.873. The van der Waals surface area contributed by atoms with Gasteiger partial charge in [-0.15, -0.1) is 0 Å². The van der Waals surface area contributed by atoms with Crippen molar-refractivity contribution in [3.8, 4) is 5.75 Å². The van der Waals surface area contributed by atoms with Crippen LogP contribution in [0.25, 0.3) is 0 Å². The van der Waals surface area contributed by atoms with Crippen molar-refractivity contribution in [2.24, 2.45) is 11.8 Å². The molecule has 1 amide bonds. The van der Waals surface area contributed by atoms with E-state index in [0.29, 0.717) is 30.7 Å². The van der Waals surface area contributed by atoms with Crippen LogP contribution < -0.4 is 4.74 Å². The second kappa shape index (κ2) is 4.92. The molecular formula is C14H15F2NO3. The van der Waals surface area contributed by atoms with Gasteiger partial charge in [0.05, 0.1) is 6.10 Å². The molecule has 4 nitrogen and oxygen atoms in total. The highest BCUT2D eigenvalue weighted by Gasteiger charge is 2.43. The molecule has 1 aromatic rings. The zero-order valence-electron chi connectivity index (χ0n) is 10.8. The topological polar surface area (TPSA) is 49.8 Å². The van der Waals surface area contributed by atoms with E-state index in [1.165, 1.54) is 11.0 Å². The number of rotatable bonds is 2. The third kappa shape index (κ3) is 2.42. The van der Waals surface area contributed by atoms with Crippen molar-refractivity contribution in [3.05, 3.63) is 29.8 Å². The molecule has 1 N–H and O–H groups in total. The van der Waals surface area contributed by atoms with E-state index in [1.807, 2.05) is 0 Å². The van der Waals surface area contributed by atoms with E-state index >= 15 is 0 Å². The van der Waals surface area contributed by atoms with Crippen LogP contribution in [-0.2, 0) is 0 Å². The molecule has 1 unspecified atom stereocenters. The van der Waals surface area contributed by atoms with Crippen molar-refractivity contribution in [3.63, 3.8) is 0 Å². The number of benzene rings is 1. The fraction of sp³-hybridized carbons (Fsp3) is 0.500. The van der Waals surface area contributed by atoms with Gasteiger partial charge in [-0.2, -0.15) is 0 Å². The van der Waals surface area contributed by atoms with Gasteiger partial charge in [0.1, 0.15) is 5.75 Å². The summed E-state index contributed by atoms with van der Waals surface area (Å²) in [6.07, 6.45) is 0.587. The highest BCUT2D eigenvalue weighted by molar-refractivity contribution is 5.65. The minimum atomic E-state index is -0.919. The average molecular weight is 283 g/mol. The van der Waals surface area contributed by atoms with Gasteiger partial charge in [-0.05, 0) is 36.8 Å². The van der Waals surface area contributed by atoms with Gasteiger partial charge in [0.2, 0.25) is 0 Å². The summed E-state index contributed by atoms with van der Waals surface area (Å²) in [4.78, 5) is 12.3. The summed E-state index contributed by atoms with van der Waals surface area (Å²) in [5, 5.41) is 8.94. The van der Waals surface area contributed by atoms with Crippen LogP contribution in [0.1, 0.15) is 12.8 Å². The van der Waals surface area contributed by atoms with E-state index in [0.717, 1.165) is 25.0 Å². The fourth-order valence-electron chi connectivity index (χ4n) is 3.24. The van der Waals surface area contributed by atoms with Crippen molar-refractivity contribution in [1.29, 1.82) is 0 Å². The van der Waals surface area contributed by atoms with Crippen LogP contribution in [0.3, 0.4) is 0 Å². The molecule has 3 atom stereocenters. The molecule has 6 heteroatoms. The fourth-order valence-corrected chi connectivity index (χ4v) is 3.24. The Labute approximate surface area is 114 Å². The first-order chi connectivity index (χ1) is 9.52. The monoisotopic (exact) mass is 283 g/mol. The van der Waals surface area contributed by atoms with Crippen LogP contribution in [-0.4, -0.2) is 35.3 Å². The maximum Gasteiger partial charge on any atom is 0.407 e. The summed E-state index contributed by atoms with van der Waals surface area (Å²) in [5.41, 5.74) is 0. The lowest BCUT2D eigenvalue weighted by Gasteiger charge is -2.17. The number of carboxylic acid groups (broad SMARTS) is 1. The Bertz CT molecular complexity index is 523. The minimum absolute atomic E-state index is 0.0502. The molecule has 108 valence electrons. The predicted molar refractivity (Wildman–Crippen MR) is 66.6 cm³/mol. The van der Waals surface area contributed by atoms with Crippen LogP contribution >= 0.6 is 0 Å². The van der Waals surface area contributed by atoms with Gasteiger partial charge in [-0.3, -0.25) is 0 Å². The molecule has 2 aliphatic rings. The number of likely N-dealkylation sites (tertiary alicyclic amines) is 1. The Balaban J connectivity index is 1.60. The summed E-state index contributed by atoms with van der Waals surface area (Å²) < 4.78 is 31.6. The first-order valence-electron chi connectivity index (χ1n) is 6.62. The van der Waals surface area contributed by atoms with Crippen molar-refractivity contribution in [2.45, 2.75) is 18.9 Å². The zero-order chi connectivity index (χ0) is 14.3. The number of ether oxygens (including phenoxy) is 1. The molecule has 3 rings (SSSR count). The van der Waals surface area contributed by atoms with E-state index in [-0.39, 0.29) is 6.10 Å². The third-order valence-electron chi connectivity index (χ3n) is 4.17. The number of amides is 1. The van der Waals surface area contributed by atoms with Crippen LogP contribution in [0, 0.1) is 23.5 Å². The molecule has 1 aliphatic heterocycles. The standard InChI is InChI=1S/C14H15F2NO3/c15-12-2-1-10(5-13(12)16)20-11-3-8-6-17(14(18)19)7-9(8)4-11/h1-2,5,8-9,11H,3-4,6-7H2,(H,18,19)/t8-,9+,11?. The van der Waals surface area contributed by atoms with E-state index in [4.69, 9.17) is 9.84 Å².